The molecule has 0 fully saturated rings. The molecule has 0 aliphatic rings. The van der Waals surface area contributed by atoms with Crippen LogP contribution in [0.25, 0.3) is 64.3 Å². The van der Waals surface area contributed by atoms with Gasteiger partial charge >= 0.3 is 0 Å². The van der Waals surface area contributed by atoms with Gasteiger partial charge in [-0.3, -0.25) is 0 Å². The molecule has 0 saturated carbocycles. The van der Waals surface area contributed by atoms with Crippen LogP contribution in [0, 0.1) is 0 Å². The third-order valence-corrected chi connectivity index (χ3v) is 10.4. The van der Waals surface area contributed by atoms with Crippen LogP contribution in [0.1, 0.15) is 0 Å². The van der Waals surface area contributed by atoms with Gasteiger partial charge in [-0.2, -0.15) is 0 Å². The lowest BCUT2D eigenvalue weighted by Gasteiger charge is -2.25. The number of thiophene rings is 1. The van der Waals surface area contributed by atoms with Crippen LogP contribution in [0.3, 0.4) is 0 Å². The fourth-order valence-electron chi connectivity index (χ4n) is 6.85. The highest BCUT2D eigenvalue weighted by atomic mass is 32.1. The Morgan fingerprint density at radius 2 is 0.812 bits per heavy atom. The maximum atomic E-state index is 2.37. The van der Waals surface area contributed by atoms with Crippen LogP contribution in [-0.2, 0) is 0 Å². The number of rotatable bonds is 6. The van der Waals surface area contributed by atoms with Crippen LogP contribution in [0.15, 0.2) is 188 Å². The summed E-state index contributed by atoms with van der Waals surface area (Å²) < 4.78 is 1.29. The number of fused-ring (bicyclic) bond motifs is 3. The molecule has 0 aliphatic heterocycles. The zero-order chi connectivity index (χ0) is 31.9. The predicted octanol–water partition coefficient (Wildman–Crippen LogP) is 13.7. The fourth-order valence-corrected chi connectivity index (χ4v) is 8.11. The normalized spacial score (nSPS) is 11.3. The molecule has 8 aromatic carbocycles. The van der Waals surface area contributed by atoms with Gasteiger partial charge in [0.05, 0.1) is 0 Å². The molecular weight excluding hydrogens is 599 g/mol. The van der Waals surface area contributed by atoms with Crippen LogP contribution >= 0.6 is 11.3 Å². The van der Waals surface area contributed by atoms with Crippen molar-refractivity contribution in [3.8, 4) is 32.7 Å². The minimum Gasteiger partial charge on any atom is -0.311 e. The molecule has 226 valence electrons. The lowest BCUT2D eigenvalue weighted by molar-refractivity contribution is 1.28. The molecule has 1 nitrogen and oxygen atoms in total. The number of para-hydroxylation sites is 2. The summed E-state index contributed by atoms with van der Waals surface area (Å²) in [6, 6.07) is 68.1. The summed E-state index contributed by atoms with van der Waals surface area (Å²) in [7, 11) is 0. The molecule has 2 heteroatoms. The van der Waals surface area contributed by atoms with Gasteiger partial charge in [-0.15, -0.1) is 11.3 Å². The molecule has 0 aliphatic carbocycles. The lowest BCUT2D eigenvalue weighted by Crippen LogP contribution is -2.09. The quantitative estimate of drug-likeness (QED) is 0.177. The van der Waals surface area contributed by atoms with Crippen LogP contribution in [-0.4, -0.2) is 0 Å². The topological polar surface area (TPSA) is 3.24 Å². The first-order chi connectivity index (χ1) is 23.8. The van der Waals surface area contributed by atoms with Crippen molar-refractivity contribution in [1.82, 2.24) is 0 Å². The summed E-state index contributed by atoms with van der Waals surface area (Å²) in [5.74, 6) is 0. The second kappa shape index (κ2) is 12.0. The Hall–Kier alpha value is -5.96. The van der Waals surface area contributed by atoms with E-state index >= 15 is 0 Å². The Morgan fingerprint density at radius 3 is 1.44 bits per heavy atom. The molecule has 0 saturated heterocycles. The lowest BCUT2D eigenvalue weighted by atomic mass is 9.95. The van der Waals surface area contributed by atoms with Crippen molar-refractivity contribution in [3.05, 3.63) is 188 Å². The van der Waals surface area contributed by atoms with Crippen LogP contribution < -0.4 is 4.90 Å². The monoisotopic (exact) mass is 629 g/mol. The fraction of sp³-hybridized carbons (Fsp3) is 0. The number of hydrogen-bond acceptors (Lipinski definition) is 2. The largest absolute Gasteiger partial charge is 0.311 e. The first-order valence-electron chi connectivity index (χ1n) is 16.3. The zero-order valence-corrected chi connectivity index (χ0v) is 27.1. The molecule has 0 amide bonds. The minimum absolute atomic E-state index is 1.13. The maximum absolute atomic E-state index is 2.37. The standard InChI is InChI=1S/C46H31NS/c1-3-15-40(16-4-1)47(41-17-5-2-6-18-41)42-26-23-34(24-27-42)37-25-28-43-44(31-37)48-46(39-22-20-33-12-8-10-14-36(33)30-39)45(43)38-21-19-32-11-7-9-13-35(32)29-38/h1-31H. The van der Waals surface area contributed by atoms with Gasteiger partial charge in [-0.05, 0) is 98.4 Å². The van der Waals surface area contributed by atoms with E-state index in [2.05, 4.69) is 193 Å². The van der Waals surface area contributed by atoms with E-state index < -0.39 is 0 Å². The van der Waals surface area contributed by atoms with Crippen molar-refractivity contribution in [2.75, 3.05) is 4.90 Å². The molecule has 0 radical (unpaired) electrons. The third kappa shape index (κ3) is 5.13. The number of hydrogen-bond donors (Lipinski definition) is 0. The van der Waals surface area contributed by atoms with Crippen LogP contribution in [0.5, 0.6) is 0 Å². The molecule has 0 spiro atoms. The van der Waals surface area contributed by atoms with Gasteiger partial charge in [0.1, 0.15) is 0 Å². The summed E-state index contributed by atoms with van der Waals surface area (Å²) in [5.41, 5.74) is 9.64. The van der Waals surface area contributed by atoms with E-state index in [0.717, 1.165) is 17.1 Å². The van der Waals surface area contributed by atoms with E-state index in [1.165, 1.54) is 64.3 Å². The van der Waals surface area contributed by atoms with Crippen LogP contribution in [0.4, 0.5) is 17.1 Å². The molecule has 9 rings (SSSR count). The highest BCUT2D eigenvalue weighted by Gasteiger charge is 2.18. The van der Waals surface area contributed by atoms with E-state index in [9.17, 15) is 0 Å². The second-order valence-corrected chi connectivity index (χ2v) is 13.2. The zero-order valence-electron chi connectivity index (χ0n) is 26.3. The van der Waals surface area contributed by atoms with Gasteiger partial charge < -0.3 is 4.90 Å². The third-order valence-electron chi connectivity index (χ3n) is 9.23. The first kappa shape index (κ1) is 28.3. The summed E-state index contributed by atoms with van der Waals surface area (Å²) in [6.45, 7) is 0. The van der Waals surface area contributed by atoms with Gasteiger partial charge in [-0.1, -0.05) is 133 Å². The van der Waals surface area contributed by atoms with E-state index in [-0.39, 0.29) is 0 Å². The highest BCUT2D eigenvalue weighted by Crippen LogP contribution is 2.47. The first-order valence-corrected chi connectivity index (χ1v) is 17.2. The summed E-state index contributed by atoms with van der Waals surface area (Å²) in [5, 5.41) is 6.33. The van der Waals surface area contributed by atoms with Crippen molar-refractivity contribution < 1.29 is 0 Å². The average molecular weight is 630 g/mol. The molecule has 48 heavy (non-hydrogen) atoms. The smallest absolute Gasteiger partial charge is 0.0462 e. The van der Waals surface area contributed by atoms with Gasteiger partial charge in [0.15, 0.2) is 0 Å². The Kier molecular flexibility index (Phi) is 7.07. The van der Waals surface area contributed by atoms with Crippen molar-refractivity contribution >= 4 is 60.0 Å². The minimum atomic E-state index is 1.13. The average Bonchev–Trinajstić information content (AvgIpc) is 3.55. The van der Waals surface area contributed by atoms with E-state index in [4.69, 9.17) is 0 Å². The molecule has 1 heterocycles. The second-order valence-electron chi connectivity index (χ2n) is 12.2. The van der Waals surface area contributed by atoms with Crippen molar-refractivity contribution in [3.63, 3.8) is 0 Å². The Morgan fingerprint density at radius 1 is 0.333 bits per heavy atom. The number of benzene rings is 8. The Labute approximate surface area is 284 Å². The highest BCUT2D eigenvalue weighted by molar-refractivity contribution is 7.23. The molecule has 0 bridgehead atoms. The summed E-state index contributed by atoms with van der Waals surface area (Å²) in [4.78, 5) is 3.61. The van der Waals surface area contributed by atoms with Crippen LogP contribution in [0.2, 0.25) is 0 Å². The Bertz CT molecular complexity index is 2510. The summed E-state index contributed by atoms with van der Waals surface area (Å²) in [6.07, 6.45) is 0. The molecule has 0 unspecified atom stereocenters. The SMILES string of the molecule is c1ccc(N(c2ccccc2)c2ccc(-c3ccc4c(-c5ccc6ccccc6c5)c(-c5ccc6ccccc6c5)sc4c3)cc2)cc1. The number of anilines is 3. The van der Waals surface area contributed by atoms with Gasteiger partial charge in [0, 0.05) is 37.6 Å². The maximum Gasteiger partial charge on any atom is 0.0462 e. The van der Waals surface area contributed by atoms with E-state index in [1.807, 2.05) is 11.3 Å². The molecular formula is C46H31NS. The summed E-state index contributed by atoms with van der Waals surface area (Å²) >= 11 is 1.89. The predicted molar refractivity (Wildman–Crippen MR) is 208 cm³/mol. The van der Waals surface area contributed by atoms with E-state index in [1.54, 1.807) is 0 Å². The number of nitrogens with zero attached hydrogens (tertiary/aromatic N) is 1. The van der Waals surface area contributed by atoms with E-state index in [0.29, 0.717) is 0 Å². The molecule has 1 aromatic heterocycles. The van der Waals surface area contributed by atoms with Crippen molar-refractivity contribution in [1.29, 1.82) is 0 Å². The van der Waals surface area contributed by atoms with Gasteiger partial charge in [0.25, 0.3) is 0 Å². The molecule has 0 N–H and O–H groups in total. The molecule has 9 aromatic rings. The molecule has 0 atom stereocenters. The van der Waals surface area contributed by atoms with Crippen molar-refractivity contribution in [2.45, 2.75) is 0 Å². The van der Waals surface area contributed by atoms with Gasteiger partial charge in [0.2, 0.25) is 0 Å². The van der Waals surface area contributed by atoms with Crippen molar-refractivity contribution in [2.24, 2.45) is 0 Å². The van der Waals surface area contributed by atoms with Gasteiger partial charge in [-0.25, -0.2) is 0 Å². The Balaban J connectivity index is 1.16.